The van der Waals surface area contributed by atoms with E-state index in [-0.39, 0.29) is 6.61 Å². The number of carbonyl (C=O) groups excluding carboxylic acids is 1. The summed E-state index contributed by atoms with van der Waals surface area (Å²) in [6.45, 7) is 1.63. The molecule has 0 aromatic heterocycles. The van der Waals surface area contributed by atoms with Gasteiger partial charge in [0.05, 0.1) is 6.61 Å². The smallest absolute Gasteiger partial charge is 0.341 e. The third-order valence-electron chi connectivity index (χ3n) is 2.22. The highest BCUT2D eigenvalue weighted by Gasteiger charge is 2.42. The highest BCUT2D eigenvalue weighted by atomic mass is 19.1. The zero-order chi connectivity index (χ0) is 9.73. The molecule has 1 rings (SSSR count). The topological polar surface area (TPSA) is 35.5 Å². The number of hydrogen-bond acceptors (Lipinski definition) is 3. The lowest BCUT2D eigenvalue weighted by atomic mass is 9.95. The van der Waals surface area contributed by atoms with Crippen LogP contribution >= 0.6 is 0 Å². The van der Waals surface area contributed by atoms with E-state index in [1.54, 1.807) is 6.92 Å². The van der Waals surface area contributed by atoms with Gasteiger partial charge in [0.2, 0.25) is 0 Å². The van der Waals surface area contributed by atoms with Gasteiger partial charge in [0.1, 0.15) is 6.67 Å². The van der Waals surface area contributed by atoms with Crippen LogP contribution in [0.4, 0.5) is 4.39 Å². The summed E-state index contributed by atoms with van der Waals surface area (Å²) in [6, 6.07) is 0. The summed E-state index contributed by atoms with van der Waals surface area (Å²) in [4.78, 5) is 11.4. The van der Waals surface area contributed by atoms with E-state index in [1.165, 1.54) is 0 Å². The average Bonchev–Trinajstić information content (AvgIpc) is 2.19. The lowest BCUT2D eigenvalue weighted by Gasteiger charge is -2.32. The molecule has 1 saturated heterocycles. The largest absolute Gasteiger partial charge is 0.464 e. The van der Waals surface area contributed by atoms with Crippen LogP contribution in [0.15, 0.2) is 0 Å². The van der Waals surface area contributed by atoms with E-state index < -0.39 is 18.2 Å². The molecule has 4 heteroatoms. The average molecular weight is 190 g/mol. The van der Waals surface area contributed by atoms with E-state index in [4.69, 9.17) is 9.47 Å². The molecule has 0 aliphatic carbocycles. The number of ether oxygens (including phenoxy) is 2. The standard InChI is InChI=1S/C9H15FO3/c1-2-12-8(11)9(7-10)5-3-4-6-13-9/h2-7H2,1H3/t9-/m1/s1. The lowest BCUT2D eigenvalue weighted by molar-refractivity contribution is -0.181. The highest BCUT2D eigenvalue weighted by molar-refractivity contribution is 5.79. The molecule has 13 heavy (non-hydrogen) atoms. The summed E-state index contributed by atoms with van der Waals surface area (Å²) < 4.78 is 22.6. The third-order valence-corrected chi connectivity index (χ3v) is 2.22. The Labute approximate surface area is 77.2 Å². The van der Waals surface area contributed by atoms with Crippen LogP contribution in [-0.2, 0) is 14.3 Å². The van der Waals surface area contributed by atoms with Crippen molar-refractivity contribution in [3.63, 3.8) is 0 Å². The summed E-state index contributed by atoms with van der Waals surface area (Å²) in [5.41, 5.74) is -1.30. The Bertz CT molecular complexity index is 176. The molecule has 1 aliphatic rings. The van der Waals surface area contributed by atoms with Crippen LogP contribution in [-0.4, -0.2) is 31.5 Å². The SMILES string of the molecule is CCOC(=O)[C@]1(CF)CCCCO1. The monoisotopic (exact) mass is 190 g/mol. The molecule has 0 amide bonds. The third kappa shape index (κ3) is 2.18. The Morgan fingerprint density at radius 2 is 2.38 bits per heavy atom. The first-order chi connectivity index (χ1) is 6.25. The zero-order valence-electron chi connectivity index (χ0n) is 7.85. The van der Waals surface area contributed by atoms with Gasteiger partial charge in [0.25, 0.3) is 0 Å². The first-order valence-electron chi connectivity index (χ1n) is 4.62. The van der Waals surface area contributed by atoms with Crippen LogP contribution < -0.4 is 0 Å². The van der Waals surface area contributed by atoms with Crippen molar-refractivity contribution in [2.75, 3.05) is 19.9 Å². The summed E-state index contributed by atoms with van der Waals surface area (Å²) in [5.74, 6) is -0.558. The molecule has 0 spiro atoms. The summed E-state index contributed by atoms with van der Waals surface area (Å²) in [7, 11) is 0. The summed E-state index contributed by atoms with van der Waals surface area (Å²) in [5, 5.41) is 0. The fourth-order valence-electron chi connectivity index (χ4n) is 1.44. The van der Waals surface area contributed by atoms with Crippen LogP contribution in [0.3, 0.4) is 0 Å². The Morgan fingerprint density at radius 3 is 2.85 bits per heavy atom. The van der Waals surface area contributed by atoms with E-state index in [1.807, 2.05) is 0 Å². The minimum atomic E-state index is -1.30. The van der Waals surface area contributed by atoms with Gasteiger partial charge in [-0.15, -0.1) is 0 Å². The van der Waals surface area contributed by atoms with E-state index in [0.29, 0.717) is 13.0 Å². The van der Waals surface area contributed by atoms with Crippen molar-refractivity contribution >= 4 is 5.97 Å². The second-order valence-corrected chi connectivity index (χ2v) is 3.15. The quantitative estimate of drug-likeness (QED) is 0.632. The summed E-state index contributed by atoms with van der Waals surface area (Å²) >= 11 is 0. The fourth-order valence-corrected chi connectivity index (χ4v) is 1.44. The van der Waals surface area contributed by atoms with Crippen LogP contribution in [0, 0.1) is 0 Å². The molecule has 1 heterocycles. The van der Waals surface area contributed by atoms with Crippen LogP contribution in [0.2, 0.25) is 0 Å². The molecular weight excluding hydrogens is 175 g/mol. The van der Waals surface area contributed by atoms with E-state index in [0.717, 1.165) is 12.8 Å². The highest BCUT2D eigenvalue weighted by Crippen LogP contribution is 2.26. The maximum Gasteiger partial charge on any atom is 0.341 e. The maximum atomic E-state index is 12.7. The Morgan fingerprint density at radius 1 is 1.62 bits per heavy atom. The van der Waals surface area contributed by atoms with Gasteiger partial charge in [-0.3, -0.25) is 0 Å². The van der Waals surface area contributed by atoms with Gasteiger partial charge in [-0.2, -0.15) is 0 Å². The molecule has 0 saturated carbocycles. The van der Waals surface area contributed by atoms with Crippen LogP contribution in [0.1, 0.15) is 26.2 Å². The Balaban J connectivity index is 2.61. The molecule has 0 radical (unpaired) electrons. The second-order valence-electron chi connectivity index (χ2n) is 3.15. The molecular formula is C9H15FO3. The van der Waals surface area contributed by atoms with Crippen molar-refractivity contribution in [3.8, 4) is 0 Å². The molecule has 3 nitrogen and oxygen atoms in total. The van der Waals surface area contributed by atoms with Crippen LogP contribution in [0.25, 0.3) is 0 Å². The van der Waals surface area contributed by atoms with E-state index >= 15 is 0 Å². The summed E-state index contributed by atoms with van der Waals surface area (Å²) in [6.07, 6.45) is 2.15. The van der Waals surface area contributed by atoms with Gasteiger partial charge >= 0.3 is 5.97 Å². The maximum absolute atomic E-state index is 12.7. The predicted molar refractivity (Wildman–Crippen MR) is 45.1 cm³/mol. The lowest BCUT2D eigenvalue weighted by Crippen LogP contribution is -2.47. The van der Waals surface area contributed by atoms with Gasteiger partial charge in [0, 0.05) is 6.61 Å². The normalized spacial score (nSPS) is 28.5. The number of hydrogen-bond donors (Lipinski definition) is 0. The number of halogens is 1. The molecule has 1 aliphatic heterocycles. The van der Waals surface area contributed by atoms with Gasteiger partial charge in [-0.1, -0.05) is 0 Å². The number of carbonyl (C=O) groups is 1. The van der Waals surface area contributed by atoms with Gasteiger partial charge in [0.15, 0.2) is 5.60 Å². The first-order valence-corrected chi connectivity index (χ1v) is 4.62. The second kappa shape index (κ2) is 4.56. The van der Waals surface area contributed by atoms with Gasteiger partial charge in [-0.25, -0.2) is 9.18 Å². The number of alkyl halides is 1. The van der Waals surface area contributed by atoms with Crippen molar-refractivity contribution in [1.29, 1.82) is 0 Å². The molecule has 0 aromatic carbocycles. The molecule has 1 fully saturated rings. The molecule has 76 valence electrons. The molecule has 0 bridgehead atoms. The molecule has 0 unspecified atom stereocenters. The molecule has 0 N–H and O–H groups in total. The van der Waals surface area contributed by atoms with Crippen molar-refractivity contribution < 1.29 is 18.7 Å². The number of esters is 1. The Kier molecular flexibility index (Phi) is 3.66. The Hall–Kier alpha value is -0.640. The zero-order valence-corrected chi connectivity index (χ0v) is 7.85. The van der Waals surface area contributed by atoms with Crippen molar-refractivity contribution in [2.24, 2.45) is 0 Å². The van der Waals surface area contributed by atoms with Crippen LogP contribution in [0.5, 0.6) is 0 Å². The van der Waals surface area contributed by atoms with Gasteiger partial charge < -0.3 is 9.47 Å². The van der Waals surface area contributed by atoms with Crippen molar-refractivity contribution in [1.82, 2.24) is 0 Å². The van der Waals surface area contributed by atoms with Gasteiger partial charge in [-0.05, 0) is 26.2 Å². The predicted octanol–water partition coefficient (Wildman–Crippen LogP) is 1.46. The van der Waals surface area contributed by atoms with E-state index in [2.05, 4.69) is 0 Å². The minimum Gasteiger partial charge on any atom is -0.464 e. The number of rotatable bonds is 3. The minimum absolute atomic E-state index is 0.268. The molecule has 0 aromatic rings. The van der Waals surface area contributed by atoms with Crippen molar-refractivity contribution in [2.45, 2.75) is 31.8 Å². The molecule has 1 atom stereocenters. The fraction of sp³-hybridized carbons (Fsp3) is 0.889. The van der Waals surface area contributed by atoms with Crippen molar-refractivity contribution in [3.05, 3.63) is 0 Å². The van der Waals surface area contributed by atoms with E-state index in [9.17, 15) is 9.18 Å². The first kappa shape index (κ1) is 10.4.